The number of allylic oxidation sites excluding steroid dienone is 1. The third-order valence-electron chi connectivity index (χ3n) is 8.81. The van der Waals surface area contributed by atoms with E-state index in [1.54, 1.807) is 11.0 Å². The molecule has 220 valence electrons. The Balaban J connectivity index is 1.41. The largest absolute Gasteiger partial charge is 0.444 e. The average molecular weight is 556 g/mol. The van der Waals surface area contributed by atoms with E-state index in [4.69, 9.17) is 29.9 Å². The van der Waals surface area contributed by atoms with Crippen molar-refractivity contribution in [1.82, 2.24) is 14.9 Å². The van der Waals surface area contributed by atoms with Gasteiger partial charge in [0.05, 0.1) is 18.6 Å². The van der Waals surface area contributed by atoms with Crippen LogP contribution in [0.15, 0.2) is 17.3 Å². The predicted molar refractivity (Wildman–Crippen MR) is 151 cm³/mol. The fraction of sp³-hybridized carbons (Fsp3) is 0.733. The Morgan fingerprint density at radius 3 is 2.48 bits per heavy atom. The Labute approximate surface area is 237 Å². The van der Waals surface area contributed by atoms with Crippen LogP contribution < -0.4 is 10.6 Å². The van der Waals surface area contributed by atoms with Crippen molar-refractivity contribution in [3.63, 3.8) is 0 Å². The second kappa shape index (κ2) is 10.9. The van der Waals surface area contributed by atoms with Crippen LogP contribution in [-0.2, 0) is 14.2 Å². The van der Waals surface area contributed by atoms with Crippen LogP contribution in [0, 0.1) is 12.3 Å². The van der Waals surface area contributed by atoms with E-state index in [1.165, 1.54) is 0 Å². The number of ketones is 1. The molecule has 1 aromatic rings. The summed E-state index contributed by atoms with van der Waals surface area (Å²) in [5.74, 6) is -0.363. The molecule has 0 unspecified atom stereocenters. The number of hydrogen-bond donors (Lipinski definition) is 1. The van der Waals surface area contributed by atoms with E-state index in [0.717, 1.165) is 50.6 Å². The Morgan fingerprint density at radius 1 is 1.05 bits per heavy atom. The first-order valence-corrected chi connectivity index (χ1v) is 14.9. The molecule has 2 saturated heterocycles. The van der Waals surface area contributed by atoms with Crippen LogP contribution in [0.3, 0.4) is 0 Å². The molecule has 3 fully saturated rings. The smallest absolute Gasteiger partial charge is 0.410 e. The van der Waals surface area contributed by atoms with Crippen LogP contribution in [0.4, 0.5) is 10.7 Å². The van der Waals surface area contributed by atoms with Gasteiger partial charge in [0.15, 0.2) is 5.79 Å². The third-order valence-corrected chi connectivity index (χ3v) is 8.81. The Kier molecular flexibility index (Phi) is 7.87. The van der Waals surface area contributed by atoms with Gasteiger partial charge < -0.3 is 29.7 Å². The van der Waals surface area contributed by atoms with E-state index in [-0.39, 0.29) is 17.9 Å². The fourth-order valence-corrected chi connectivity index (χ4v) is 7.01. The topological polar surface area (TPSA) is 120 Å². The van der Waals surface area contributed by atoms with E-state index >= 15 is 0 Å². The molecule has 5 rings (SSSR count). The standard InChI is InChI=1S/C30H45N5O5/c1-20-18-23(33-26(32-20)35-15-9-14-34(19-21(35)2)27(37)40-28(3,4)5)24(36)22-10-8-12-29(25(22)31)11-6-7-13-30(29)38-16-17-39-30/h18,21H,6-17,19,31H2,1-5H3/t21-,29-/m0/s1. The number of nitrogens with two attached hydrogens (primary N) is 1. The molecule has 2 spiro atoms. The zero-order valence-corrected chi connectivity index (χ0v) is 24.8. The minimum absolute atomic E-state index is 0.0548. The summed E-state index contributed by atoms with van der Waals surface area (Å²) in [6.45, 7) is 12.4. The Morgan fingerprint density at radius 2 is 1.75 bits per heavy atom. The van der Waals surface area contributed by atoms with Gasteiger partial charge in [0, 0.05) is 49.1 Å². The summed E-state index contributed by atoms with van der Waals surface area (Å²) in [6, 6.07) is 1.70. The molecule has 0 aromatic carbocycles. The molecule has 0 radical (unpaired) electrons. The van der Waals surface area contributed by atoms with Gasteiger partial charge in [0.25, 0.3) is 0 Å². The maximum atomic E-state index is 14.1. The van der Waals surface area contributed by atoms with Crippen molar-refractivity contribution >= 4 is 17.8 Å². The summed E-state index contributed by atoms with van der Waals surface area (Å²) >= 11 is 0. The van der Waals surface area contributed by atoms with Crippen molar-refractivity contribution in [2.75, 3.05) is 37.7 Å². The highest BCUT2D eigenvalue weighted by Crippen LogP contribution is 2.57. The molecule has 1 aromatic heterocycles. The van der Waals surface area contributed by atoms with Gasteiger partial charge in [-0.05, 0) is 79.2 Å². The number of aromatic nitrogens is 2. The summed E-state index contributed by atoms with van der Waals surface area (Å²) in [5.41, 5.74) is 8.24. The highest BCUT2D eigenvalue weighted by Gasteiger charge is 2.59. The van der Waals surface area contributed by atoms with Gasteiger partial charge in [0.2, 0.25) is 11.7 Å². The van der Waals surface area contributed by atoms with Gasteiger partial charge in [-0.2, -0.15) is 0 Å². The van der Waals surface area contributed by atoms with Crippen molar-refractivity contribution in [3.8, 4) is 0 Å². The van der Waals surface area contributed by atoms with Crippen molar-refractivity contribution in [3.05, 3.63) is 28.7 Å². The molecule has 1 amide bonds. The first-order valence-electron chi connectivity index (χ1n) is 14.9. The summed E-state index contributed by atoms with van der Waals surface area (Å²) < 4.78 is 18.1. The van der Waals surface area contributed by atoms with E-state index < -0.39 is 16.8 Å². The Bertz CT molecular complexity index is 1170. The number of anilines is 1. The van der Waals surface area contributed by atoms with Crippen LogP contribution in [-0.4, -0.2) is 77.0 Å². The van der Waals surface area contributed by atoms with Gasteiger partial charge in [-0.15, -0.1) is 0 Å². The molecule has 10 heteroatoms. The van der Waals surface area contributed by atoms with Crippen molar-refractivity contribution < 1.29 is 23.8 Å². The molecule has 2 atom stereocenters. The van der Waals surface area contributed by atoms with Crippen LogP contribution in [0.5, 0.6) is 0 Å². The number of amides is 1. The molecule has 4 aliphatic rings. The van der Waals surface area contributed by atoms with Crippen LogP contribution in [0.2, 0.25) is 0 Å². The third kappa shape index (κ3) is 5.32. The van der Waals surface area contributed by atoms with Crippen molar-refractivity contribution in [2.45, 2.75) is 103 Å². The SMILES string of the molecule is Cc1cc(C(=O)C2=C(N)[C@]3(CCCCC34OCCO4)CCC2)nc(N2CCCN(C(=O)OC(C)(C)C)C[C@@H]2C)n1. The van der Waals surface area contributed by atoms with Crippen LogP contribution >= 0.6 is 0 Å². The minimum Gasteiger partial charge on any atom is -0.444 e. The number of fused-ring (bicyclic) bond motifs is 1. The molecular weight excluding hydrogens is 510 g/mol. The maximum absolute atomic E-state index is 14.1. The summed E-state index contributed by atoms with van der Waals surface area (Å²) in [7, 11) is 0. The summed E-state index contributed by atoms with van der Waals surface area (Å²) in [4.78, 5) is 40.1. The number of ether oxygens (including phenoxy) is 3. The first kappa shape index (κ1) is 28.8. The van der Waals surface area contributed by atoms with Gasteiger partial charge in [-0.1, -0.05) is 6.42 Å². The maximum Gasteiger partial charge on any atom is 0.410 e. The molecule has 2 aliphatic heterocycles. The lowest BCUT2D eigenvalue weighted by Crippen LogP contribution is -2.56. The molecule has 40 heavy (non-hydrogen) atoms. The molecule has 2 aliphatic carbocycles. The van der Waals surface area contributed by atoms with Crippen molar-refractivity contribution in [2.24, 2.45) is 11.1 Å². The lowest BCUT2D eigenvalue weighted by Gasteiger charge is -2.52. The number of hydrogen-bond acceptors (Lipinski definition) is 9. The van der Waals surface area contributed by atoms with Gasteiger partial charge in [-0.25, -0.2) is 14.8 Å². The van der Waals surface area contributed by atoms with Crippen LogP contribution in [0.25, 0.3) is 0 Å². The fourth-order valence-electron chi connectivity index (χ4n) is 7.01. The molecule has 1 saturated carbocycles. The molecule has 2 N–H and O–H groups in total. The highest BCUT2D eigenvalue weighted by molar-refractivity contribution is 6.08. The lowest BCUT2D eigenvalue weighted by atomic mass is 9.60. The van der Waals surface area contributed by atoms with Crippen molar-refractivity contribution in [1.29, 1.82) is 0 Å². The second-order valence-corrected chi connectivity index (χ2v) is 12.8. The van der Waals surface area contributed by atoms with Gasteiger partial charge >= 0.3 is 6.09 Å². The quantitative estimate of drug-likeness (QED) is 0.537. The number of rotatable bonds is 3. The van der Waals surface area contributed by atoms with E-state index in [2.05, 4.69) is 4.90 Å². The zero-order valence-electron chi connectivity index (χ0n) is 24.8. The monoisotopic (exact) mass is 555 g/mol. The number of nitrogens with zero attached hydrogens (tertiary/aromatic N) is 4. The number of aryl methyl sites for hydroxylation is 1. The number of Topliss-reactive ketones (excluding diaryl/α,β-unsaturated/α-hetero) is 1. The highest BCUT2D eigenvalue weighted by atomic mass is 16.7. The molecular formula is C30H45N5O5. The first-order chi connectivity index (χ1) is 18.9. The molecule has 10 nitrogen and oxygen atoms in total. The summed E-state index contributed by atoms with van der Waals surface area (Å²) in [5, 5.41) is 0. The number of carbonyl (C=O) groups excluding carboxylic acids is 2. The lowest BCUT2D eigenvalue weighted by molar-refractivity contribution is -0.248. The van der Waals surface area contributed by atoms with E-state index in [1.807, 2.05) is 34.6 Å². The van der Waals surface area contributed by atoms with E-state index in [0.29, 0.717) is 62.2 Å². The van der Waals surface area contributed by atoms with Crippen LogP contribution in [0.1, 0.15) is 95.2 Å². The Hall–Kier alpha value is -2.72. The average Bonchev–Trinajstić information content (AvgIpc) is 3.27. The normalized spacial score (nSPS) is 27.3. The minimum atomic E-state index is -0.727. The van der Waals surface area contributed by atoms with Gasteiger partial charge in [0.1, 0.15) is 11.3 Å². The molecule has 3 heterocycles. The van der Waals surface area contributed by atoms with Gasteiger partial charge in [-0.3, -0.25) is 4.79 Å². The second-order valence-electron chi connectivity index (χ2n) is 12.8. The summed E-state index contributed by atoms with van der Waals surface area (Å²) in [6.07, 6.45) is 6.51. The number of carbonyl (C=O) groups is 2. The molecule has 0 bridgehead atoms. The van der Waals surface area contributed by atoms with E-state index in [9.17, 15) is 9.59 Å². The zero-order chi connectivity index (χ0) is 28.7. The predicted octanol–water partition coefficient (Wildman–Crippen LogP) is 4.50.